The van der Waals surface area contributed by atoms with Crippen LogP contribution in [0, 0.1) is 12.7 Å². The van der Waals surface area contributed by atoms with Crippen LogP contribution in [-0.2, 0) is 0 Å². The highest BCUT2D eigenvalue weighted by atomic mass is 35.5. The van der Waals surface area contributed by atoms with E-state index in [0.717, 1.165) is 11.3 Å². The molecule has 0 fully saturated rings. The van der Waals surface area contributed by atoms with E-state index < -0.39 is 0 Å². The summed E-state index contributed by atoms with van der Waals surface area (Å²) in [5.41, 5.74) is 8.46. The second-order valence-corrected chi connectivity index (χ2v) is 5.01. The molecule has 0 aliphatic rings. The molecule has 0 amide bonds. The van der Waals surface area contributed by atoms with Crippen LogP contribution >= 0.6 is 23.8 Å². The summed E-state index contributed by atoms with van der Waals surface area (Å²) in [5, 5.41) is 3.70. The molecule has 0 unspecified atom stereocenters. The van der Waals surface area contributed by atoms with E-state index >= 15 is 0 Å². The van der Waals surface area contributed by atoms with Gasteiger partial charge in [-0.3, -0.25) is 0 Å². The van der Waals surface area contributed by atoms with Crippen molar-refractivity contribution in [3.05, 3.63) is 58.4 Å². The molecule has 98 valence electrons. The Balaban J connectivity index is 2.43. The molecule has 0 atom stereocenters. The third-order valence-corrected chi connectivity index (χ3v) is 3.19. The SMILES string of the molecule is Cc1ccc(Cl)c(Nc2ccc(F)cc2C(N)=S)c1. The number of nitrogens with two attached hydrogens (primary N) is 1. The van der Waals surface area contributed by atoms with Crippen LogP contribution < -0.4 is 11.1 Å². The number of hydrogen-bond acceptors (Lipinski definition) is 2. The molecule has 0 heterocycles. The first-order valence-corrected chi connectivity index (χ1v) is 6.38. The zero-order chi connectivity index (χ0) is 14.0. The highest BCUT2D eigenvalue weighted by Crippen LogP contribution is 2.28. The van der Waals surface area contributed by atoms with Crippen molar-refractivity contribution in [1.82, 2.24) is 0 Å². The van der Waals surface area contributed by atoms with Gasteiger partial charge in [-0.1, -0.05) is 29.9 Å². The van der Waals surface area contributed by atoms with Crippen LogP contribution in [-0.4, -0.2) is 4.99 Å². The molecule has 0 saturated carbocycles. The topological polar surface area (TPSA) is 38.0 Å². The number of benzene rings is 2. The second-order valence-electron chi connectivity index (χ2n) is 4.16. The Morgan fingerprint density at radius 3 is 2.63 bits per heavy atom. The molecular weight excluding hydrogens is 283 g/mol. The summed E-state index contributed by atoms with van der Waals surface area (Å²) in [6, 6.07) is 9.83. The van der Waals surface area contributed by atoms with Crippen molar-refractivity contribution in [1.29, 1.82) is 0 Å². The number of hydrogen-bond donors (Lipinski definition) is 2. The monoisotopic (exact) mass is 294 g/mol. The van der Waals surface area contributed by atoms with E-state index in [-0.39, 0.29) is 10.8 Å². The van der Waals surface area contributed by atoms with Crippen molar-refractivity contribution in [2.75, 3.05) is 5.32 Å². The van der Waals surface area contributed by atoms with Crippen LogP contribution in [0.3, 0.4) is 0 Å². The van der Waals surface area contributed by atoms with Gasteiger partial charge in [0.1, 0.15) is 10.8 Å². The number of nitrogens with one attached hydrogen (secondary N) is 1. The number of thiocarbonyl (C=S) groups is 1. The first-order chi connectivity index (χ1) is 8.97. The minimum absolute atomic E-state index is 0.130. The van der Waals surface area contributed by atoms with Crippen molar-refractivity contribution in [2.45, 2.75) is 6.92 Å². The van der Waals surface area contributed by atoms with Gasteiger partial charge in [-0.15, -0.1) is 0 Å². The van der Waals surface area contributed by atoms with Crippen LogP contribution in [0.15, 0.2) is 36.4 Å². The van der Waals surface area contributed by atoms with Gasteiger partial charge in [0, 0.05) is 11.3 Å². The maximum absolute atomic E-state index is 13.2. The van der Waals surface area contributed by atoms with Crippen molar-refractivity contribution in [2.24, 2.45) is 5.73 Å². The van der Waals surface area contributed by atoms with Gasteiger partial charge in [-0.05, 0) is 42.8 Å². The molecule has 0 spiro atoms. The Bertz CT molecular complexity index is 643. The fourth-order valence-corrected chi connectivity index (χ4v) is 2.04. The third kappa shape index (κ3) is 3.22. The maximum atomic E-state index is 13.2. The van der Waals surface area contributed by atoms with Crippen molar-refractivity contribution < 1.29 is 4.39 Å². The molecule has 19 heavy (non-hydrogen) atoms. The summed E-state index contributed by atoms with van der Waals surface area (Å²) in [6.45, 7) is 1.96. The summed E-state index contributed by atoms with van der Waals surface area (Å²) < 4.78 is 13.2. The van der Waals surface area contributed by atoms with Gasteiger partial charge in [-0.2, -0.15) is 0 Å². The van der Waals surface area contributed by atoms with Gasteiger partial charge < -0.3 is 11.1 Å². The van der Waals surface area contributed by atoms with Crippen LogP contribution in [0.2, 0.25) is 5.02 Å². The average molecular weight is 295 g/mol. The summed E-state index contributed by atoms with van der Waals surface area (Å²) >= 11 is 11.0. The Kier molecular flexibility index (Phi) is 4.02. The summed E-state index contributed by atoms with van der Waals surface area (Å²) in [4.78, 5) is 0.130. The van der Waals surface area contributed by atoms with E-state index in [2.05, 4.69) is 5.32 Å². The normalized spacial score (nSPS) is 10.3. The lowest BCUT2D eigenvalue weighted by Crippen LogP contribution is -2.12. The molecule has 0 aliphatic heterocycles. The summed E-state index contributed by atoms with van der Waals surface area (Å²) in [7, 11) is 0. The molecule has 2 aromatic rings. The van der Waals surface area contributed by atoms with E-state index in [1.165, 1.54) is 12.1 Å². The number of anilines is 2. The average Bonchev–Trinajstić information content (AvgIpc) is 2.35. The first-order valence-electron chi connectivity index (χ1n) is 5.60. The molecule has 5 heteroatoms. The van der Waals surface area contributed by atoms with Crippen LogP contribution in [0.1, 0.15) is 11.1 Å². The number of rotatable bonds is 3. The minimum atomic E-state index is -0.385. The van der Waals surface area contributed by atoms with Crippen molar-refractivity contribution >= 4 is 40.2 Å². The van der Waals surface area contributed by atoms with Gasteiger partial charge >= 0.3 is 0 Å². The summed E-state index contributed by atoms with van der Waals surface area (Å²) in [6.07, 6.45) is 0. The second kappa shape index (κ2) is 5.55. The smallest absolute Gasteiger partial charge is 0.124 e. The van der Waals surface area contributed by atoms with Crippen molar-refractivity contribution in [3.8, 4) is 0 Å². The van der Waals surface area contributed by atoms with Gasteiger partial charge in [0.2, 0.25) is 0 Å². The zero-order valence-electron chi connectivity index (χ0n) is 10.2. The molecule has 3 N–H and O–H groups in total. The van der Waals surface area contributed by atoms with Crippen LogP contribution in [0.4, 0.5) is 15.8 Å². The van der Waals surface area contributed by atoms with Crippen LogP contribution in [0.5, 0.6) is 0 Å². The lowest BCUT2D eigenvalue weighted by atomic mass is 10.1. The fraction of sp³-hybridized carbons (Fsp3) is 0.0714. The van der Waals surface area contributed by atoms with Gasteiger partial charge in [0.05, 0.1) is 10.7 Å². The molecule has 2 rings (SSSR count). The number of halogens is 2. The summed E-state index contributed by atoms with van der Waals surface area (Å²) in [5.74, 6) is -0.385. The molecule has 2 nitrogen and oxygen atoms in total. The van der Waals surface area contributed by atoms with Crippen molar-refractivity contribution in [3.63, 3.8) is 0 Å². The molecule has 0 saturated heterocycles. The zero-order valence-corrected chi connectivity index (χ0v) is 11.8. The van der Waals surface area contributed by atoms with E-state index in [9.17, 15) is 4.39 Å². The lowest BCUT2D eigenvalue weighted by Gasteiger charge is -2.13. The minimum Gasteiger partial charge on any atom is -0.389 e. The first kappa shape index (κ1) is 13.8. The molecule has 0 aromatic heterocycles. The Morgan fingerprint density at radius 1 is 1.21 bits per heavy atom. The van der Waals surface area contributed by atoms with Gasteiger partial charge in [-0.25, -0.2) is 4.39 Å². The quantitative estimate of drug-likeness (QED) is 0.835. The van der Waals surface area contributed by atoms with Crippen LogP contribution in [0.25, 0.3) is 0 Å². The van der Waals surface area contributed by atoms with E-state index in [1.807, 2.05) is 19.1 Å². The number of aryl methyl sites for hydroxylation is 1. The Labute approximate surface area is 121 Å². The van der Waals surface area contributed by atoms with E-state index in [1.54, 1.807) is 12.1 Å². The molecule has 0 radical (unpaired) electrons. The van der Waals surface area contributed by atoms with Gasteiger partial charge in [0.15, 0.2) is 0 Å². The molecule has 2 aromatic carbocycles. The molecular formula is C14H12ClFN2S. The molecule has 0 bridgehead atoms. The predicted octanol–water partition coefficient (Wildman–Crippen LogP) is 4.17. The third-order valence-electron chi connectivity index (χ3n) is 2.64. The lowest BCUT2D eigenvalue weighted by molar-refractivity contribution is 0.628. The van der Waals surface area contributed by atoms with E-state index in [0.29, 0.717) is 16.3 Å². The highest BCUT2D eigenvalue weighted by Gasteiger charge is 2.09. The Morgan fingerprint density at radius 2 is 1.95 bits per heavy atom. The predicted molar refractivity (Wildman–Crippen MR) is 81.8 cm³/mol. The van der Waals surface area contributed by atoms with E-state index in [4.69, 9.17) is 29.6 Å². The largest absolute Gasteiger partial charge is 0.389 e. The Hall–Kier alpha value is -1.65. The van der Waals surface area contributed by atoms with Gasteiger partial charge in [0.25, 0.3) is 0 Å². The molecule has 0 aliphatic carbocycles. The fourth-order valence-electron chi connectivity index (χ4n) is 1.71. The maximum Gasteiger partial charge on any atom is 0.124 e. The highest BCUT2D eigenvalue weighted by molar-refractivity contribution is 7.80. The standard InChI is InChI=1S/C14H12ClFN2S/c1-8-2-4-11(15)13(6-8)18-12-5-3-9(16)7-10(12)14(17)19/h2-7,18H,1H3,(H2,17,19).